The average molecular weight is 540 g/mol. The van der Waals surface area contributed by atoms with Gasteiger partial charge in [0, 0.05) is 6.08 Å². The number of carboxylic acids is 1. The van der Waals surface area contributed by atoms with Crippen molar-refractivity contribution in [2.24, 2.45) is 5.92 Å². The maximum atomic E-state index is 13.3. The molecule has 0 aliphatic heterocycles. The second-order valence-electron chi connectivity index (χ2n) is 8.35. The number of alkyl halides is 3. The molecule has 11 heteroatoms. The Kier molecular flexibility index (Phi) is 8.47. The Labute approximate surface area is 211 Å². The lowest BCUT2D eigenvalue weighted by atomic mass is 10.1. The summed E-state index contributed by atoms with van der Waals surface area (Å²) in [4.78, 5) is 10.6. The van der Waals surface area contributed by atoms with Crippen molar-refractivity contribution in [3.05, 3.63) is 82.2 Å². The van der Waals surface area contributed by atoms with E-state index in [9.17, 15) is 26.4 Å². The van der Waals surface area contributed by atoms with Gasteiger partial charge in [-0.2, -0.15) is 13.2 Å². The molecule has 0 amide bonds. The predicted octanol–water partition coefficient (Wildman–Crippen LogP) is 6.44. The second kappa shape index (κ2) is 11.2. The lowest BCUT2D eigenvalue weighted by molar-refractivity contribution is -0.137. The fourth-order valence-corrected chi connectivity index (χ4v) is 5.80. The third kappa shape index (κ3) is 7.34. The zero-order valence-corrected chi connectivity index (χ0v) is 21.0. The van der Waals surface area contributed by atoms with Crippen LogP contribution in [0.1, 0.15) is 36.1 Å². The van der Waals surface area contributed by atoms with Gasteiger partial charge in [0.1, 0.15) is 16.6 Å². The monoisotopic (exact) mass is 539 g/mol. The summed E-state index contributed by atoms with van der Waals surface area (Å²) < 4.78 is 74.3. The minimum Gasteiger partial charge on any atom is -0.487 e. The summed E-state index contributed by atoms with van der Waals surface area (Å²) in [5.74, 6) is -1.16. The molecular weight excluding hydrogens is 515 g/mol. The van der Waals surface area contributed by atoms with Gasteiger partial charge in [0.25, 0.3) is 10.0 Å². The molecule has 2 N–H and O–H groups in total. The highest BCUT2D eigenvalue weighted by Gasteiger charge is 2.32. The minimum atomic E-state index is -4.65. The first kappa shape index (κ1) is 27.3. The van der Waals surface area contributed by atoms with Crippen LogP contribution in [0, 0.1) is 5.92 Å². The highest BCUT2D eigenvalue weighted by atomic mass is 32.2. The number of benzene rings is 2. The van der Waals surface area contributed by atoms with Crippen molar-refractivity contribution in [3.8, 4) is 5.75 Å². The van der Waals surface area contributed by atoms with Crippen molar-refractivity contribution in [2.45, 2.75) is 37.3 Å². The fourth-order valence-electron chi connectivity index (χ4n) is 3.30. The molecule has 2 aromatic carbocycles. The lowest BCUT2D eigenvalue weighted by Crippen LogP contribution is -2.15. The number of aliphatic carboxylic acids is 1. The summed E-state index contributed by atoms with van der Waals surface area (Å²) in [6.45, 7) is 3.77. The summed E-state index contributed by atoms with van der Waals surface area (Å²) in [6.07, 6.45) is -1.74. The molecule has 3 rings (SSSR count). The fraction of sp³-hybridized carbons (Fsp3) is 0.240. The van der Waals surface area contributed by atoms with Crippen LogP contribution in [0.2, 0.25) is 0 Å². The van der Waals surface area contributed by atoms with E-state index in [2.05, 4.69) is 4.72 Å². The van der Waals surface area contributed by atoms with Gasteiger partial charge >= 0.3 is 12.1 Å². The summed E-state index contributed by atoms with van der Waals surface area (Å²) >= 11 is 1.03. The van der Waals surface area contributed by atoms with E-state index in [0.717, 1.165) is 35.6 Å². The van der Waals surface area contributed by atoms with E-state index in [4.69, 9.17) is 9.84 Å². The standard InChI is InChI=1S/C25H24F3NO5S2/c1-16(2)13-19-11-12-35-24(19)36(32,33)29-21-9-8-20(25(26,27)28)14-22(21)34-15-18-5-3-17(4-6-18)7-10-23(30)31/h3-12,14,16,29H,13,15H2,1-2H3,(H,30,31)/b10-7+. The van der Waals surface area contributed by atoms with Gasteiger partial charge in [-0.15, -0.1) is 11.3 Å². The van der Waals surface area contributed by atoms with Gasteiger partial charge in [0.2, 0.25) is 0 Å². The zero-order valence-electron chi connectivity index (χ0n) is 19.4. The molecule has 0 saturated heterocycles. The van der Waals surface area contributed by atoms with Gasteiger partial charge in [-0.3, -0.25) is 4.72 Å². The number of anilines is 1. The van der Waals surface area contributed by atoms with Crippen molar-refractivity contribution in [1.82, 2.24) is 0 Å². The topological polar surface area (TPSA) is 92.7 Å². The number of ether oxygens (including phenoxy) is 1. The van der Waals surface area contributed by atoms with Gasteiger partial charge in [-0.05, 0) is 64.8 Å². The number of thiophene rings is 1. The highest BCUT2D eigenvalue weighted by molar-refractivity contribution is 7.94. The molecule has 1 aromatic heterocycles. The van der Waals surface area contributed by atoms with E-state index in [1.807, 2.05) is 13.8 Å². The Morgan fingerprint density at radius 1 is 1.14 bits per heavy atom. The van der Waals surface area contributed by atoms with Gasteiger partial charge < -0.3 is 9.84 Å². The predicted molar refractivity (Wildman–Crippen MR) is 133 cm³/mol. The summed E-state index contributed by atoms with van der Waals surface area (Å²) in [6, 6.07) is 10.8. The largest absolute Gasteiger partial charge is 0.487 e. The molecule has 0 radical (unpaired) electrons. The van der Waals surface area contributed by atoms with Crippen molar-refractivity contribution in [3.63, 3.8) is 0 Å². The Morgan fingerprint density at radius 3 is 2.44 bits per heavy atom. The number of halogens is 3. The van der Waals surface area contributed by atoms with Crippen LogP contribution >= 0.6 is 11.3 Å². The van der Waals surface area contributed by atoms with E-state index in [-0.39, 0.29) is 28.2 Å². The van der Waals surface area contributed by atoms with Crippen molar-refractivity contribution < 1.29 is 36.2 Å². The van der Waals surface area contributed by atoms with Gasteiger partial charge in [-0.25, -0.2) is 13.2 Å². The Balaban J connectivity index is 1.87. The van der Waals surface area contributed by atoms with E-state index < -0.39 is 27.7 Å². The number of hydrogen-bond acceptors (Lipinski definition) is 5. The normalized spacial score (nSPS) is 12.3. The van der Waals surface area contributed by atoms with Crippen molar-refractivity contribution in [2.75, 3.05) is 4.72 Å². The van der Waals surface area contributed by atoms with Gasteiger partial charge in [0.05, 0.1) is 11.3 Å². The summed E-state index contributed by atoms with van der Waals surface area (Å²) in [5, 5.41) is 10.4. The minimum absolute atomic E-state index is 0.104. The van der Waals surface area contributed by atoms with Crippen LogP contribution in [0.5, 0.6) is 5.75 Å². The lowest BCUT2D eigenvalue weighted by Gasteiger charge is -2.16. The Hall–Kier alpha value is -3.31. The molecule has 192 valence electrons. The van der Waals surface area contributed by atoms with E-state index in [1.165, 1.54) is 6.08 Å². The molecule has 0 aliphatic carbocycles. The van der Waals surface area contributed by atoms with Crippen LogP contribution in [0.15, 0.2) is 64.2 Å². The molecule has 3 aromatic rings. The first-order chi connectivity index (χ1) is 16.8. The smallest absolute Gasteiger partial charge is 0.416 e. The molecule has 6 nitrogen and oxygen atoms in total. The van der Waals surface area contributed by atoms with Gasteiger partial charge in [-0.1, -0.05) is 38.1 Å². The molecule has 0 atom stereocenters. The van der Waals surface area contributed by atoms with Crippen LogP contribution in [0.4, 0.5) is 18.9 Å². The molecule has 1 heterocycles. The molecule has 0 spiro atoms. The number of hydrogen-bond donors (Lipinski definition) is 2. The molecule has 0 unspecified atom stereocenters. The van der Waals surface area contributed by atoms with E-state index in [1.54, 1.807) is 35.7 Å². The van der Waals surface area contributed by atoms with Crippen molar-refractivity contribution >= 4 is 39.1 Å². The molecule has 0 saturated carbocycles. The summed E-state index contributed by atoms with van der Waals surface area (Å²) in [5.41, 5.74) is 0.737. The van der Waals surface area contributed by atoms with Crippen LogP contribution in [-0.4, -0.2) is 19.5 Å². The number of sulfonamides is 1. The van der Waals surface area contributed by atoms with Crippen LogP contribution < -0.4 is 9.46 Å². The van der Waals surface area contributed by atoms with E-state index in [0.29, 0.717) is 23.1 Å². The average Bonchev–Trinajstić information content (AvgIpc) is 3.25. The molecule has 36 heavy (non-hydrogen) atoms. The Bertz CT molecular complexity index is 1340. The summed E-state index contributed by atoms with van der Waals surface area (Å²) in [7, 11) is -4.07. The first-order valence-corrected chi connectivity index (χ1v) is 13.1. The second-order valence-corrected chi connectivity index (χ2v) is 11.1. The van der Waals surface area contributed by atoms with Crippen LogP contribution in [-0.2, 0) is 34.0 Å². The van der Waals surface area contributed by atoms with Crippen LogP contribution in [0.25, 0.3) is 6.08 Å². The maximum Gasteiger partial charge on any atom is 0.416 e. The number of nitrogens with one attached hydrogen (secondary N) is 1. The van der Waals surface area contributed by atoms with Crippen molar-refractivity contribution in [1.29, 1.82) is 0 Å². The molecule has 0 bridgehead atoms. The molecule has 0 aliphatic rings. The molecule has 0 fully saturated rings. The zero-order chi connectivity index (χ0) is 26.5. The number of carbonyl (C=O) groups is 1. The molecular formula is C25H24F3NO5S2. The van der Waals surface area contributed by atoms with Gasteiger partial charge in [0.15, 0.2) is 0 Å². The number of carboxylic acid groups (broad SMARTS) is 1. The quantitative estimate of drug-likeness (QED) is 0.289. The van der Waals surface area contributed by atoms with E-state index >= 15 is 0 Å². The number of rotatable bonds is 10. The van der Waals surface area contributed by atoms with Crippen LogP contribution in [0.3, 0.4) is 0 Å². The first-order valence-electron chi connectivity index (χ1n) is 10.8. The third-order valence-electron chi connectivity index (χ3n) is 4.92. The third-order valence-corrected chi connectivity index (χ3v) is 7.86. The maximum absolute atomic E-state index is 13.3. The highest BCUT2D eigenvalue weighted by Crippen LogP contribution is 2.37. The Morgan fingerprint density at radius 2 is 1.83 bits per heavy atom. The SMILES string of the molecule is CC(C)Cc1ccsc1S(=O)(=O)Nc1ccc(C(F)(F)F)cc1OCc1ccc(/C=C/C(=O)O)cc1.